The van der Waals surface area contributed by atoms with E-state index in [9.17, 15) is 14.4 Å². The average Bonchev–Trinajstić information content (AvgIpc) is 3.43. The van der Waals surface area contributed by atoms with Crippen LogP contribution in [0.4, 0.5) is 11.4 Å². The summed E-state index contributed by atoms with van der Waals surface area (Å²) >= 11 is 0. The molecule has 1 atom stereocenters. The van der Waals surface area contributed by atoms with Crippen molar-refractivity contribution in [3.63, 3.8) is 0 Å². The van der Waals surface area contributed by atoms with Gasteiger partial charge in [0.15, 0.2) is 11.5 Å². The van der Waals surface area contributed by atoms with Crippen LogP contribution in [0, 0.1) is 5.92 Å². The van der Waals surface area contributed by atoms with Crippen LogP contribution in [0.3, 0.4) is 0 Å². The summed E-state index contributed by atoms with van der Waals surface area (Å²) in [6.45, 7) is 3.35. The minimum absolute atomic E-state index is 0.0283. The first-order chi connectivity index (χ1) is 16.0. The molecule has 2 aliphatic heterocycles. The van der Waals surface area contributed by atoms with Gasteiger partial charge in [0.2, 0.25) is 18.6 Å². The second-order valence-corrected chi connectivity index (χ2v) is 8.37. The standard InChI is InChI=1S/C23H25N5O5/c1-13(21(29)24-15-2-4-17-18(10-15)27-23(31)26-17)28-8-6-14(7-9-28)22(30)25-16-3-5-19-20(11-16)33-12-32-19/h2-5,10-11,13-14H,6-9,12H2,1H3,(H,24,29)(H,25,30)(H2,26,27,31). The summed E-state index contributed by atoms with van der Waals surface area (Å²) in [5.74, 6) is 1.03. The molecular weight excluding hydrogens is 426 g/mol. The Labute approximate surface area is 189 Å². The monoisotopic (exact) mass is 451 g/mol. The lowest BCUT2D eigenvalue weighted by Crippen LogP contribution is -2.47. The van der Waals surface area contributed by atoms with E-state index < -0.39 is 0 Å². The van der Waals surface area contributed by atoms with Gasteiger partial charge in [-0.3, -0.25) is 14.5 Å². The minimum atomic E-state index is -0.344. The third-order valence-electron chi connectivity index (χ3n) is 6.25. The molecule has 2 aliphatic rings. The van der Waals surface area contributed by atoms with Gasteiger partial charge in [0.25, 0.3) is 0 Å². The van der Waals surface area contributed by atoms with E-state index >= 15 is 0 Å². The summed E-state index contributed by atoms with van der Waals surface area (Å²) in [4.78, 5) is 44.3. The second kappa shape index (κ2) is 8.62. The number of amides is 2. The van der Waals surface area contributed by atoms with Crippen molar-refractivity contribution in [3.05, 3.63) is 46.9 Å². The predicted molar refractivity (Wildman–Crippen MR) is 123 cm³/mol. The van der Waals surface area contributed by atoms with Crippen LogP contribution in [0.5, 0.6) is 11.5 Å². The molecule has 0 bridgehead atoms. The molecule has 0 spiro atoms. The third-order valence-corrected chi connectivity index (χ3v) is 6.25. The molecule has 4 N–H and O–H groups in total. The highest BCUT2D eigenvalue weighted by atomic mass is 16.7. The van der Waals surface area contributed by atoms with Gasteiger partial charge in [0.05, 0.1) is 17.1 Å². The number of ether oxygens (including phenoxy) is 2. The highest BCUT2D eigenvalue weighted by molar-refractivity contribution is 5.96. The fourth-order valence-corrected chi connectivity index (χ4v) is 4.29. The van der Waals surface area contributed by atoms with Crippen molar-refractivity contribution in [2.45, 2.75) is 25.8 Å². The molecule has 0 aliphatic carbocycles. The zero-order chi connectivity index (χ0) is 22.9. The Morgan fingerprint density at radius 1 is 0.970 bits per heavy atom. The average molecular weight is 451 g/mol. The predicted octanol–water partition coefficient (Wildman–Crippen LogP) is 2.26. The molecule has 2 amide bonds. The highest BCUT2D eigenvalue weighted by Crippen LogP contribution is 2.34. The number of aromatic amines is 2. The first-order valence-corrected chi connectivity index (χ1v) is 10.9. The van der Waals surface area contributed by atoms with Gasteiger partial charge in [-0.15, -0.1) is 0 Å². The largest absolute Gasteiger partial charge is 0.454 e. The van der Waals surface area contributed by atoms with Crippen LogP contribution in [0.15, 0.2) is 41.2 Å². The molecule has 1 aromatic heterocycles. The van der Waals surface area contributed by atoms with Gasteiger partial charge in [0.1, 0.15) is 0 Å². The van der Waals surface area contributed by atoms with E-state index in [1.165, 1.54) is 0 Å². The Morgan fingerprint density at radius 2 is 1.67 bits per heavy atom. The molecule has 1 unspecified atom stereocenters. The number of carbonyl (C=O) groups is 2. The molecule has 1 saturated heterocycles. The van der Waals surface area contributed by atoms with Gasteiger partial charge >= 0.3 is 5.69 Å². The first-order valence-electron chi connectivity index (χ1n) is 10.9. The number of carbonyl (C=O) groups excluding carboxylic acids is 2. The van der Waals surface area contributed by atoms with Gasteiger partial charge in [0, 0.05) is 23.4 Å². The number of rotatable bonds is 5. The van der Waals surface area contributed by atoms with Crippen molar-refractivity contribution in [1.82, 2.24) is 14.9 Å². The van der Waals surface area contributed by atoms with Gasteiger partial charge in [-0.25, -0.2) is 4.79 Å². The Kier molecular flexibility index (Phi) is 5.51. The number of aromatic nitrogens is 2. The zero-order valence-corrected chi connectivity index (χ0v) is 18.1. The minimum Gasteiger partial charge on any atom is -0.454 e. The van der Waals surface area contributed by atoms with Crippen LogP contribution >= 0.6 is 0 Å². The lowest BCUT2D eigenvalue weighted by Gasteiger charge is -2.34. The van der Waals surface area contributed by atoms with Crippen molar-refractivity contribution in [2.24, 2.45) is 5.92 Å². The maximum absolute atomic E-state index is 12.8. The molecule has 10 nitrogen and oxygen atoms in total. The van der Waals surface area contributed by atoms with E-state index in [1.807, 2.05) is 6.92 Å². The SMILES string of the molecule is CC(C(=O)Nc1ccc2[nH]c(=O)[nH]c2c1)N1CCC(C(=O)Nc2ccc3c(c2)OCO3)CC1. The van der Waals surface area contributed by atoms with E-state index in [2.05, 4.69) is 25.5 Å². The second-order valence-electron chi connectivity index (χ2n) is 8.37. The molecule has 172 valence electrons. The van der Waals surface area contributed by atoms with Gasteiger partial charge in [-0.1, -0.05) is 0 Å². The van der Waals surface area contributed by atoms with E-state index in [1.54, 1.807) is 36.4 Å². The zero-order valence-electron chi connectivity index (χ0n) is 18.1. The molecule has 2 aromatic carbocycles. The quantitative estimate of drug-likeness (QED) is 0.471. The normalized spacial score (nSPS) is 17.1. The number of H-pyrrole nitrogens is 2. The summed E-state index contributed by atoms with van der Waals surface area (Å²) in [5, 5.41) is 5.87. The van der Waals surface area contributed by atoms with Crippen LogP contribution < -0.4 is 25.8 Å². The highest BCUT2D eigenvalue weighted by Gasteiger charge is 2.30. The Hall–Kier alpha value is -3.79. The smallest absolute Gasteiger partial charge is 0.323 e. The lowest BCUT2D eigenvalue weighted by atomic mass is 9.94. The Bertz CT molecular complexity index is 1260. The summed E-state index contributed by atoms with van der Waals surface area (Å²) in [7, 11) is 0. The van der Waals surface area contributed by atoms with Crippen LogP contribution in [-0.4, -0.2) is 52.6 Å². The molecule has 1 fully saturated rings. The summed E-state index contributed by atoms with van der Waals surface area (Å²) in [6, 6.07) is 10.2. The van der Waals surface area contributed by atoms with Crippen LogP contribution in [-0.2, 0) is 9.59 Å². The fourth-order valence-electron chi connectivity index (χ4n) is 4.29. The first kappa shape index (κ1) is 21.1. The van der Waals surface area contributed by atoms with Crippen LogP contribution in [0.25, 0.3) is 11.0 Å². The summed E-state index contributed by atoms with van der Waals surface area (Å²) in [5.41, 5.74) is 2.34. The lowest BCUT2D eigenvalue weighted by molar-refractivity contribution is -0.123. The number of nitrogens with one attached hydrogen (secondary N) is 4. The van der Waals surface area contributed by atoms with Crippen molar-refractivity contribution in [2.75, 3.05) is 30.5 Å². The number of fused-ring (bicyclic) bond motifs is 2. The number of likely N-dealkylation sites (tertiary alicyclic amines) is 1. The molecule has 5 rings (SSSR count). The van der Waals surface area contributed by atoms with Crippen molar-refractivity contribution in [1.29, 1.82) is 0 Å². The van der Waals surface area contributed by atoms with Crippen molar-refractivity contribution >= 4 is 34.2 Å². The molecule has 3 heterocycles. The van der Waals surface area contributed by atoms with E-state index in [0.717, 1.165) is 0 Å². The van der Waals surface area contributed by atoms with Gasteiger partial charge in [-0.05, 0) is 63.2 Å². The molecular formula is C23H25N5O5. The summed E-state index contributed by atoms with van der Waals surface area (Å²) in [6.07, 6.45) is 1.34. The number of piperidine rings is 1. The number of imidazole rings is 1. The van der Waals surface area contributed by atoms with E-state index in [-0.39, 0.29) is 36.3 Å². The van der Waals surface area contributed by atoms with Crippen molar-refractivity contribution < 1.29 is 19.1 Å². The molecule has 33 heavy (non-hydrogen) atoms. The van der Waals surface area contributed by atoms with Crippen LogP contribution in [0.1, 0.15) is 19.8 Å². The maximum Gasteiger partial charge on any atom is 0.323 e. The van der Waals surface area contributed by atoms with E-state index in [4.69, 9.17) is 9.47 Å². The Balaban J connectivity index is 1.14. The van der Waals surface area contributed by atoms with E-state index in [0.29, 0.717) is 59.8 Å². The van der Waals surface area contributed by atoms with Gasteiger partial charge in [-0.2, -0.15) is 0 Å². The number of hydrogen-bond donors (Lipinski definition) is 4. The topological polar surface area (TPSA) is 129 Å². The number of hydrogen-bond acceptors (Lipinski definition) is 6. The maximum atomic E-state index is 12.8. The number of anilines is 2. The summed E-state index contributed by atoms with van der Waals surface area (Å²) < 4.78 is 10.7. The Morgan fingerprint density at radius 3 is 2.48 bits per heavy atom. The number of benzene rings is 2. The molecule has 0 radical (unpaired) electrons. The molecule has 10 heteroatoms. The van der Waals surface area contributed by atoms with Gasteiger partial charge < -0.3 is 30.1 Å². The van der Waals surface area contributed by atoms with Crippen molar-refractivity contribution in [3.8, 4) is 11.5 Å². The molecule has 3 aromatic rings. The number of nitrogens with zero attached hydrogens (tertiary/aromatic N) is 1. The molecule has 0 saturated carbocycles. The third kappa shape index (κ3) is 4.42. The van der Waals surface area contributed by atoms with Crippen LogP contribution in [0.2, 0.25) is 0 Å². The fraction of sp³-hybridized carbons (Fsp3) is 0.348.